The number of aryl methyl sites for hydroxylation is 2. The number of anilines is 2. The SMILES string of the molecule is Cc1cccc(C)c1-c1cccc(N2C=CN(c3[c-]c(Oc4[c-]c5c(cc4)c4ccccc4n5-c4cc(-c5ccc(C(C)(C)C)cc5C(C)(C)C)ccn4)ccc3)[CH-]2)c1.[Pt]. The predicted octanol–water partition coefficient (Wildman–Crippen LogP) is 14.0. The van der Waals surface area contributed by atoms with Gasteiger partial charge in [-0.1, -0.05) is 114 Å². The zero-order chi connectivity index (χ0) is 41.1. The van der Waals surface area contributed by atoms with E-state index in [0.29, 0.717) is 11.5 Å². The molecule has 0 atom stereocenters. The van der Waals surface area contributed by atoms with Crippen LogP contribution in [0.1, 0.15) is 63.8 Å². The van der Waals surface area contributed by atoms with E-state index in [-0.39, 0.29) is 31.9 Å². The first-order chi connectivity index (χ1) is 28.3. The second-order valence-electron chi connectivity index (χ2n) is 17.6. The number of rotatable bonds is 7. The van der Waals surface area contributed by atoms with Crippen LogP contribution in [0.3, 0.4) is 0 Å². The van der Waals surface area contributed by atoms with Gasteiger partial charge >= 0.3 is 0 Å². The van der Waals surface area contributed by atoms with Gasteiger partial charge in [0.2, 0.25) is 0 Å². The quantitative estimate of drug-likeness (QED) is 0.149. The zero-order valence-corrected chi connectivity index (χ0v) is 37.7. The minimum Gasteiger partial charge on any atom is -0.509 e. The fraction of sp³-hybridized carbons (Fsp3) is 0.185. The number of benzene rings is 6. The number of aromatic nitrogens is 2. The summed E-state index contributed by atoms with van der Waals surface area (Å²) in [7, 11) is 0. The summed E-state index contributed by atoms with van der Waals surface area (Å²) in [6, 6.07) is 52.1. The number of nitrogens with zero attached hydrogens (tertiary/aromatic N) is 4. The molecule has 3 heterocycles. The average Bonchev–Trinajstić information content (AvgIpc) is 3.84. The molecule has 0 radical (unpaired) electrons. The largest absolute Gasteiger partial charge is 0.509 e. The second-order valence-corrected chi connectivity index (χ2v) is 17.6. The molecule has 9 rings (SSSR count). The van der Waals surface area contributed by atoms with Gasteiger partial charge in [-0.05, 0) is 117 Å². The molecule has 304 valence electrons. The summed E-state index contributed by atoms with van der Waals surface area (Å²) in [6.07, 6.45) is 6.03. The van der Waals surface area contributed by atoms with Crippen molar-refractivity contribution in [2.24, 2.45) is 0 Å². The average molecular weight is 965 g/mol. The third kappa shape index (κ3) is 7.80. The minimum absolute atomic E-state index is 0. The van der Waals surface area contributed by atoms with Gasteiger partial charge in [0.05, 0.1) is 0 Å². The van der Waals surface area contributed by atoms with Crippen LogP contribution in [-0.2, 0) is 31.9 Å². The predicted molar refractivity (Wildman–Crippen MR) is 245 cm³/mol. The maximum atomic E-state index is 6.53. The van der Waals surface area contributed by atoms with Crippen LogP contribution in [0.2, 0.25) is 0 Å². The van der Waals surface area contributed by atoms with Gasteiger partial charge in [-0.3, -0.25) is 0 Å². The molecule has 0 amide bonds. The molecule has 1 aliphatic heterocycles. The van der Waals surface area contributed by atoms with Crippen molar-refractivity contribution in [1.82, 2.24) is 9.55 Å². The third-order valence-electron chi connectivity index (χ3n) is 11.3. The minimum atomic E-state index is -0.0449. The number of pyridine rings is 1. The summed E-state index contributed by atoms with van der Waals surface area (Å²) in [6.45, 7) is 20.1. The summed E-state index contributed by atoms with van der Waals surface area (Å²) >= 11 is 0. The molecule has 1 aliphatic rings. The topological polar surface area (TPSA) is 33.5 Å². The van der Waals surface area contributed by atoms with Crippen LogP contribution in [0.25, 0.3) is 49.9 Å². The molecule has 5 nitrogen and oxygen atoms in total. The van der Waals surface area contributed by atoms with E-state index in [0.717, 1.165) is 44.6 Å². The Kier molecular flexibility index (Phi) is 10.9. The number of ether oxygens (including phenoxy) is 1. The molecule has 0 bridgehead atoms. The molecule has 0 unspecified atom stereocenters. The Labute approximate surface area is 369 Å². The van der Waals surface area contributed by atoms with Gasteiger partial charge in [-0.15, -0.1) is 48.1 Å². The molecule has 0 fully saturated rings. The fourth-order valence-corrected chi connectivity index (χ4v) is 8.27. The summed E-state index contributed by atoms with van der Waals surface area (Å²) in [4.78, 5) is 9.15. The zero-order valence-electron chi connectivity index (χ0n) is 35.4. The van der Waals surface area contributed by atoms with E-state index >= 15 is 0 Å². The molecule has 6 aromatic carbocycles. The maximum absolute atomic E-state index is 6.53. The first kappa shape index (κ1) is 40.9. The number of hydrogen-bond acceptors (Lipinski definition) is 4. The van der Waals surface area contributed by atoms with E-state index in [2.05, 4.69) is 198 Å². The molecule has 2 aromatic heterocycles. The van der Waals surface area contributed by atoms with Gasteiger partial charge in [0.25, 0.3) is 0 Å². The molecular weight excluding hydrogens is 916 g/mol. The summed E-state index contributed by atoms with van der Waals surface area (Å²) in [5, 5.41) is 2.22. The first-order valence-corrected chi connectivity index (χ1v) is 20.4. The van der Waals surface area contributed by atoms with Gasteiger partial charge in [0.1, 0.15) is 5.82 Å². The van der Waals surface area contributed by atoms with E-state index in [4.69, 9.17) is 9.72 Å². The van der Waals surface area contributed by atoms with Crippen LogP contribution in [0, 0.1) is 32.6 Å². The van der Waals surface area contributed by atoms with Crippen molar-refractivity contribution < 1.29 is 25.8 Å². The van der Waals surface area contributed by atoms with E-state index in [1.807, 2.05) is 36.7 Å². The Morgan fingerprint density at radius 3 is 2.13 bits per heavy atom. The third-order valence-corrected chi connectivity index (χ3v) is 11.3. The molecule has 0 aliphatic carbocycles. The second kappa shape index (κ2) is 15.9. The van der Waals surface area contributed by atoms with Crippen LogP contribution in [0.4, 0.5) is 11.4 Å². The summed E-state index contributed by atoms with van der Waals surface area (Å²) < 4.78 is 8.74. The van der Waals surface area contributed by atoms with Gasteiger partial charge in [0.15, 0.2) is 0 Å². The standard InChI is InChI=1S/C54H49N4O.Pt/c1-36-14-11-15-37(2)52(36)39-16-12-17-41(30-39)56-28-29-57(35-56)42-18-13-19-43(33-42)59-44-23-25-47-46-20-9-10-21-49(46)58(50(47)34-44)51-31-38(26-27-55-51)45-24-22-40(53(3,4)5)32-48(45)54(6,7)8;/h9-32,35H,1-8H3;/q-3;. The van der Waals surface area contributed by atoms with Crippen molar-refractivity contribution in [2.45, 2.75) is 66.2 Å². The summed E-state index contributed by atoms with van der Waals surface area (Å²) in [5.41, 5.74) is 14.0. The van der Waals surface area contributed by atoms with E-state index in [1.54, 1.807) is 0 Å². The number of hydrogen-bond donors (Lipinski definition) is 0. The van der Waals surface area contributed by atoms with Crippen LogP contribution in [0.5, 0.6) is 11.5 Å². The Hall–Kier alpha value is -5.90. The number of fused-ring (bicyclic) bond motifs is 3. The van der Waals surface area contributed by atoms with E-state index in [1.165, 1.54) is 38.9 Å². The smallest absolute Gasteiger partial charge is 0.136 e. The molecule has 0 N–H and O–H groups in total. The Morgan fingerprint density at radius 1 is 0.617 bits per heavy atom. The molecule has 6 heteroatoms. The Bertz CT molecular complexity index is 2890. The van der Waals surface area contributed by atoms with Gasteiger partial charge in [-0.25, -0.2) is 4.98 Å². The van der Waals surface area contributed by atoms with Crippen molar-refractivity contribution >= 4 is 33.2 Å². The number of para-hydroxylation sites is 1. The fourth-order valence-electron chi connectivity index (χ4n) is 8.27. The first-order valence-electron chi connectivity index (χ1n) is 20.4. The van der Waals surface area contributed by atoms with Gasteiger partial charge < -0.3 is 19.1 Å². The summed E-state index contributed by atoms with van der Waals surface area (Å²) in [5.74, 6) is 2.03. The van der Waals surface area contributed by atoms with Crippen LogP contribution >= 0.6 is 0 Å². The van der Waals surface area contributed by atoms with Crippen molar-refractivity contribution in [3.63, 3.8) is 0 Å². The molecule has 0 spiro atoms. The van der Waals surface area contributed by atoms with Crippen molar-refractivity contribution in [3.8, 4) is 39.6 Å². The van der Waals surface area contributed by atoms with E-state index in [9.17, 15) is 0 Å². The van der Waals surface area contributed by atoms with Crippen LogP contribution in [-0.4, -0.2) is 9.55 Å². The molecule has 0 saturated heterocycles. The van der Waals surface area contributed by atoms with Crippen LogP contribution in [0.15, 0.2) is 146 Å². The van der Waals surface area contributed by atoms with Crippen molar-refractivity contribution in [2.75, 3.05) is 9.80 Å². The normalized spacial score (nSPS) is 13.0. The Morgan fingerprint density at radius 2 is 1.35 bits per heavy atom. The molecular formula is C54H49N4OPt-3. The molecule has 60 heavy (non-hydrogen) atoms. The van der Waals surface area contributed by atoms with E-state index < -0.39 is 0 Å². The van der Waals surface area contributed by atoms with Crippen molar-refractivity contribution in [1.29, 1.82) is 0 Å². The van der Waals surface area contributed by atoms with Gasteiger partial charge in [0, 0.05) is 50.0 Å². The molecule has 8 aromatic rings. The Balaban J connectivity index is 0.00000499. The molecule has 0 saturated carbocycles. The van der Waals surface area contributed by atoms with Crippen molar-refractivity contribution in [3.05, 3.63) is 187 Å². The monoisotopic (exact) mass is 964 g/mol. The van der Waals surface area contributed by atoms with Crippen LogP contribution < -0.4 is 14.5 Å². The maximum Gasteiger partial charge on any atom is 0.136 e. The van der Waals surface area contributed by atoms with Gasteiger partial charge in [-0.2, -0.15) is 12.1 Å².